The summed E-state index contributed by atoms with van der Waals surface area (Å²) in [5, 5.41) is 12.9. The lowest BCUT2D eigenvalue weighted by molar-refractivity contribution is -0.384. The average Bonchev–Trinajstić information content (AvgIpc) is 2.16. The van der Waals surface area contributed by atoms with Gasteiger partial charge in [-0.15, -0.1) is 0 Å². The summed E-state index contributed by atoms with van der Waals surface area (Å²) in [6.07, 6.45) is -0.866. The molecule has 0 aliphatic carbocycles. The van der Waals surface area contributed by atoms with Gasteiger partial charge in [-0.2, -0.15) is 0 Å². The Morgan fingerprint density at radius 1 is 1.50 bits per heavy atom. The molecule has 0 saturated carbocycles. The van der Waals surface area contributed by atoms with Crippen LogP contribution in [0.25, 0.3) is 0 Å². The lowest BCUT2D eigenvalue weighted by atomic mass is 10.3. The van der Waals surface area contributed by atoms with Crippen molar-refractivity contribution in [3.8, 4) is 0 Å². The van der Waals surface area contributed by atoms with E-state index in [4.69, 9.17) is 4.74 Å². The number of hydrogen-bond acceptors (Lipinski definition) is 4. The van der Waals surface area contributed by atoms with Gasteiger partial charge in [-0.1, -0.05) is 6.07 Å². The number of ether oxygens (including phenoxy) is 1. The Morgan fingerprint density at radius 2 is 2.19 bits per heavy atom. The van der Waals surface area contributed by atoms with Gasteiger partial charge >= 0.3 is 6.09 Å². The van der Waals surface area contributed by atoms with Crippen LogP contribution in [0.1, 0.15) is 13.8 Å². The van der Waals surface area contributed by atoms with Crippen molar-refractivity contribution in [2.24, 2.45) is 0 Å². The molecule has 0 unspecified atom stereocenters. The molecule has 1 N–H and O–H groups in total. The number of nitro benzene ring substituents is 1. The van der Waals surface area contributed by atoms with Crippen LogP contribution in [0.5, 0.6) is 0 Å². The molecule has 1 amide bonds. The van der Waals surface area contributed by atoms with Gasteiger partial charge < -0.3 is 4.74 Å². The van der Waals surface area contributed by atoms with Gasteiger partial charge in [0.05, 0.1) is 16.7 Å². The normalized spacial score (nSPS) is 9.94. The van der Waals surface area contributed by atoms with E-state index in [9.17, 15) is 14.9 Å². The van der Waals surface area contributed by atoms with Crippen LogP contribution < -0.4 is 5.32 Å². The summed E-state index contributed by atoms with van der Waals surface area (Å²) in [7, 11) is 0. The molecule has 6 nitrogen and oxygen atoms in total. The van der Waals surface area contributed by atoms with E-state index in [0.29, 0.717) is 5.69 Å². The fourth-order valence-electron chi connectivity index (χ4n) is 1.06. The number of hydrogen-bond donors (Lipinski definition) is 1. The summed E-state index contributed by atoms with van der Waals surface area (Å²) in [4.78, 5) is 21.2. The number of amides is 1. The van der Waals surface area contributed by atoms with Crippen molar-refractivity contribution in [2.45, 2.75) is 20.0 Å². The molecule has 1 rings (SSSR count). The summed E-state index contributed by atoms with van der Waals surface area (Å²) in [6, 6.07) is 5.65. The van der Waals surface area contributed by atoms with Crippen LogP contribution in [0, 0.1) is 10.1 Å². The van der Waals surface area contributed by atoms with Gasteiger partial charge in [0.1, 0.15) is 0 Å². The minimum Gasteiger partial charge on any atom is -0.447 e. The Labute approximate surface area is 92.4 Å². The van der Waals surface area contributed by atoms with Crippen LogP contribution in [-0.4, -0.2) is 17.1 Å². The van der Waals surface area contributed by atoms with Crippen molar-refractivity contribution in [2.75, 3.05) is 5.32 Å². The first-order valence-electron chi connectivity index (χ1n) is 4.71. The summed E-state index contributed by atoms with van der Waals surface area (Å²) in [6.45, 7) is 3.43. The minimum atomic E-state index is -0.629. The van der Waals surface area contributed by atoms with Crippen LogP contribution in [0.3, 0.4) is 0 Å². The Bertz CT molecular complexity index is 404. The first-order chi connectivity index (χ1) is 7.49. The number of carbonyl (C=O) groups is 1. The number of rotatable bonds is 3. The molecule has 16 heavy (non-hydrogen) atoms. The molecular weight excluding hydrogens is 212 g/mol. The van der Waals surface area contributed by atoms with Crippen molar-refractivity contribution >= 4 is 17.5 Å². The highest BCUT2D eigenvalue weighted by molar-refractivity contribution is 5.85. The third-order valence-corrected chi connectivity index (χ3v) is 1.65. The van der Waals surface area contributed by atoms with Crippen LogP contribution in [-0.2, 0) is 4.74 Å². The van der Waals surface area contributed by atoms with Gasteiger partial charge in [-0.05, 0) is 19.9 Å². The second-order valence-corrected chi connectivity index (χ2v) is 3.39. The number of nitro groups is 1. The van der Waals surface area contributed by atoms with Gasteiger partial charge in [-0.25, -0.2) is 4.79 Å². The van der Waals surface area contributed by atoms with Crippen LogP contribution >= 0.6 is 0 Å². The van der Waals surface area contributed by atoms with Gasteiger partial charge in [0.15, 0.2) is 0 Å². The summed E-state index contributed by atoms with van der Waals surface area (Å²) >= 11 is 0. The topological polar surface area (TPSA) is 81.5 Å². The van der Waals surface area contributed by atoms with Gasteiger partial charge in [0.2, 0.25) is 0 Å². The molecule has 6 heteroatoms. The number of carbonyl (C=O) groups excluding carboxylic acids is 1. The smallest absolute Gasteiger partial charge is 0.411 e. The summed E-state index contributed by atoms with van der Waals surface area (Å²) in [5.74, 6) is 0. The molecule has 0 atom stereocenters. The van der Waals surface area contributed by atoms with Crippen molar-refractivity contribution in [3.05, 3.63) is 34.4 Å². The largest absolute Gasteiger partial charge is 0.447 e. The van der Waals surface area contributed by atoms with E-state index in [2.05, 4.69) is 5.32 Å². The molecule has 0 radical (unpaired) electrons. The van der Waals surface area contributed by atoms with Crippen molar-refractivity contribution < 1.29 is 14.5 Å². The van der Waals surface area contributed by atoms with E-state index in [0.717, 1.165) is 0 Å². The maximum absolute atomic E-state index is 11.2. The quantitative estimate of drug-likeness (QED) is 0.631. The minimum absolute atomic E-state index is 0.0812. The molecule has 1 aromatic carbocycles. The first-order valence-corrected chi connectivity index (χ1v) is 4.71. The van der Waals surface area contributed by atoms with Gasteiger partial charge in [0, 0.05) is 12.1 Å². The number of benzene rings is 1. The lowest BCUT2D eigenvalue weighted by Gasteiger charge is -2.08. The molecule has 0 spiro atoms. The first kappa shape index (κ1) is 12.0. The van der Waals surface area contributed by atoms with Crippen LogP contribution in [0.15, 0.2) is 24.3 Å². The average molecular weight is 224 g/mol. The van der Waals surface area contributed by atoms with E-state index < -0.39 is 11.0 Å². The zero-order chi connectivity index (χ0) is 12.1. The van der Waals surface area contributed by atoms with Gasteiger partial charge in [0.25, 0.3) is 5.69 Å². The maximum Gasteiger partial charge on any atom is 0.411 e. The fraction of sp³-hybridized carbons (Fsp3) is 0.300. The molecule has 1 aromatic rings. The molecule has 0 saturated heterocycles. The van der Waals surface area contributed by atoms with E-state index in [1.807, 2.05) is 0 Å². The summed E-state index contributed by atoms with van der Waals surface area (Å²) in [5.41, 5.74) is 0.252. The van der Waals surface area contributed by atoms with Crippen molar-refractivity contribution in [3.63, 3.8) is 0 Å². The lowest BCUT2D eigenvalue weighted by Crippen LogP contribution is -2.17. The highest BCUT2D eigenvalue weighted by Gasteiger charge is 2.09. The zero-order valence-corrected chi connectivity index (χ0v) is 8.97. The SMILES string of the molecule is CC(C)OC(=O)Nc1cccc([N+](=O)[O-])c1. The molecule has 0 fully saturated rings. The Morgan fingerprint density at radius 3 is 2.75 bits per heavy atom. The molecule has 86 valence electrons. The van der Waals surface area contributed by atoms with E-state index in [-0.39, 0.29) is 11.8 Å². The van der Waals surface area contributed by atoms with E-state index in [1.165, 1.54) is 18.2 Å². The third-order valence-electron chi connectivity index (χ3n) is 1.65. The predicted octanol–water partition coefficient (Wildman–Crippen LogP) is 2.55. The molecule has 0 heterocycles. The van der Waals surface area contributed by atoms with Crippen molar-refractivity contribution in [1.29, 1.82) is 0 Å². The Hall–Kier alpha value is -2.11. The van der Waals surface area contributed by atoms with E-state index in [1.54, 1.807) is 19.9 Å². The number of nitrogens with one attached hydrogen (secondary N) is 1. The van der Waals surface area contributed by atoms with Crippen LogP contribution in [0.4, 0.5) is 16.2 Å². The fourth-order valence-corrected chi connectivity index (χ4v) is 1.06. The monoisotopic (exact) mass is 224 g/mol. The molecule has 0 aliphatic heterocycles. The van der Waals surface area contributed by atoms with Gasteiger partial charge in [-0.3, -0.25) is 15.4 Å². The number of nitrogens with zero attached hydrogens (tertiary/aromatic N) is 1. The highest BCUT2D eigenvalue weighted by atomic mass is 16.6. The number of anilines is 1. The standard InChI is InChI=1S/C10H12N2O4/c1-7(2)16-10(13)11-8-4-3-5-9(6-8)12(14)15/h3-7H,1-2H3,(H,11,13). The van der Waals surface area contributed by atoms with Crippen molar-refractivity contribution in [1.82, 2.24) is 0 Å². The number of non-ortho nitro benzene ring substituents is 1. The molecule has 0 aliphatic rings. The maximum atomic E-state index is 11.2. The van der Waals surface area contributed by atoms with E-state index >= 15 is 0 Å². The molecular formula is C10H12N2O4. The summed E-state index contributed by atoms with van der Waals surface area (Å²) < 4.78 is 4.83. The Kier molecular flexibility index (Phi) is 3.82. The third kappa shape index (κ3) is 3.56. The molecule has 0 aromatic heterocycles. The predicted molar refractivity (Wildman–Crippen MR) is 58.3 cm³/mol. The Balaban J connectivity index is 2.70. The second kappa shape index (κ2) is 5.11. The second-order valence-electron chi connectivity index (χ2n) is 3.39. The molecule has 0 bridgehead atoms. The zero-order valence-electron chi connectivity index (χ0n) is 8.97. The highest BCUT2D eigenvalue weighted by Crippen LogP contribution is 2.17. The van der Waals surface area contributed by atoms with Crippen LogP contribution in [0.2, 0.25) is 0 Å².